The Morgan fingerprint density at radius 2 is 0.944 bits per heavy atom. The van der Waals surface area contributed by atoms with Gasteiger partial charge in [0.25, 0.3) is 0 Å². The van der Waals surface area contributed by atoms with Gasteiger partial charge in [0.15, 0.2) is 0 Å². The molecule has 0 amide bonds. The molecule has 0 spiro atoms. The predicted molar refractivity (Wildman–Crippen MR) is 153 cm³/mol. The first-order valence-corrected chi connectivity index (χ1v) is 12.7. The van der Waals surface area contributed by atoms with Crippen LogP contribution in [0.4, 0.5) is 0 Å². The van der Waals surface area contributed by atoms with Crippen LogP contribution < -0.4 is 0 Å². The van der Waals surface area contributed by atoms with Crippen LogP contribution in [0.15, 0.2) is 37.1 Å². The standard InChI is InChI=1S/2C5H8N2.2C4H7N3.4C2H6/c2*1-5-3-4-7(2)6-5;1-4-5-3-7(2)6-4;1-4-3-5-7(2)6-4;4*1-2/h2*3-4H,1-2H3;2*3H,1-2H3;4*1-2H3. The molecule has 208 valence electrons. The van der Waals surface area contributed by atoms with Crippen LogP contribution in [0.2, 0.25) is 0 Å². The fourth-order valence-electron chi connectivity index (χ4n) is 1.96. The van der Waals surface area contributed by atoms with Gasteiger partial charge >= 0.3 is 0 Å². The first kappa shape index (κ1) is 39.9. The van der Waals surface area contributed by atoms with Crippen molar-refractivity contribution in [1.82, 2.24) is 49.3 Å². The molecule has 0 N–H and O–H groups in total. The lowest BCUT2D eigenvalue weighted by molar-refractivity contribution is 0.649. The van der Waals surface area contributed by atoms with Crippen LogP contribution in [0.3, 0.4) is 0 Å². The zero-order valence-electron chi connectivity index (χ0n) is 25.9. The molecule has 4 rings (SSSR count). The number of hydrogen-bond donors (Lipinski definition) is 0. The highest BCUT2D eigenvalue weighted by molar-refractivity contribution is 4.94. The Hall–Kier alpha value is -3.30. The molecule has 36 heavy (non-hydrogen) atoms. The van der Waals surface area contributed by atoms with Gasteiger partial charge in [0, 0.05) is 40.6 Å². The summed E-state index contributed by atoms with van der Waals surface area (Å²) in [6.07, 6.45) is 7.25. The van der Waals surface area contributed by atoms with Crippen molar-refractivity contribution in [3.05, 3.63) is 60.0 Å². The molecule has 0 aliphatic heterocycles. The Balaban J connectivity index is -0.000000173. The molecule has 0 aromatic carbocycles. The molecular weight excluding hydrogens is 452 g/mol. The lowest BCUT2D eigenvalue weighted by Gasteiger charge is -1.79. The van der Waals surface area contributed by atoms with Crippen molar-refractivity contribution in [2.45, 2.75) is 83.1 Å². The summed E-state index contributed by atoms with van der Waals surface area (Å²) in [7, 11) is 7.47. The van der Waals surface area contributed by atoms with Crippen LogP contribution in [0.1, 0.15) is 78.3 Å². The van der Waals surface area contributed by atoms with Crippen LogP contribution in [-0.2, 0) is 28.2 Å². The van der Waals surface area contributed by atoms with E-state index >= 15 is 0 Å². The molecule has 0 saturated heterocycles. The molecule has 0 aliphatic carbocycles. The van der Waals surface area contributed by atoms with Crippen molar-refractivity contribution in [3.8, 4) is 0 Å². The van der Waals surface area contributed by atoms with Crippen LogP contribution in [0.25, 0.3) is 0 Å². The van der Waals surface area contributed by atoms with Crippen molar-refractivity contribution < 1.29 is 0 Å². The Bertz CT molecular complexity index is 713. The molecule has 0 radical (unpaired) electrons. The molecule has 0 bridgehead atoms. The van der Waals surface area contributed by atoms with E-state index in [4.69, 9.17) is 0 Å². The summed E-state index contributed by atoms with van der Waals surface area (Å²) in [5, 5.41) is 19.7. The Morgan fingerprint density at radius 3 is 1.03 bits per heavy atom. The van der Waals surface area contributed by atoms with E-state index in [0.717, 1.165) is 22.9 Å². The Morgan fingerprint density at radius 1 is 0.528 bits per heavy atom. The maximum Gasteiger partial charge on any atom is 0.147 e. The van der Waals surface area contributed by atoms with E-state index in [9.17, 15) is 0 Å². The summed E-state index contributed by atoms with van der Waals surface area (Å²) in [4.78, 5) is 5.41. The smallest absolute Gasteiger partial charge is 0.147 e. The van der Waals surface area contributed by atoms with Gasteiger partial charge in [0.2, 0.25) is 0 Å². The van der Waals surface area contributed by atoms with Gasteiger partial charge in [-0.25, -0.2) is 4.98 Å². The fourth-order valence-corrected chi connectivity index (χ4v) is 1.96. The van der Waals surface area contributed by atoms with Crippen LogP contribution in [0, 0.1) is 27.7 Å². The lowest BCUT2D eigenvalue weighted by atomic mass is 10.5. The van der Waals surface area contributed by atoms with Gasteiger partial charge in [-0.2, -0.15) is 30.3 Å². The predicted octanol–water partition coefficient (Wildman–Crippen LogP) is 5.81. The minimum atomic E-state index is 0.822. The van der Waals surface area contributed by atoms with Gasteiger partial charge in [-0.05, 0) is 39.8 Å². The zero-order chi connectivity index (χ0) is 29.1. The second-order valence-electron chi connectivity index (χ2n) is 6.20. The number of aryl methyl sites for hydroxylation is 8. The summed E-state index contributed by atoms with van der Waals surface area (Å²) in [6, 6.07) is 3.94. The van der Waals surface area contributed by atoms with E-state index in [-0.39, 0.29) is 0 Å². The first-order valence-electron chi connectivity index (χ1n) is 12.7. The van der Waals surface area contributed by atoms with E-state index in [1.165, 1.54) is 4.80 Å². The normalized spacial score (nSPS) is 8.00. The lowest BCUT2D eigenvalue weighted by Crippen LogP contribution is -1.90. The minimum absolute atomic E-state index is 0.822. The highest BCUT2D eigenvalue weighted by Gasteiger charge is 1.84. The summed E-state index contributed by atoms with van der Waals surface area (Å²) in [6.45, 7) is 23.7. The highest BCUT2D eigenvalue weighted by atomic mass is 15.4. The first-order chi connectivity index (χ1) is 17.2. The van der Waals surface area contributed by atoms with E-state index in [0.29, 0.717) is 0 Å². The monoisotopic (exact) mass is 506 g/mol. The maximum absolute atomic E-state index is 4.03. The topological polar surface area (TPSA) is 97.1 Å². The Labute approximate surface area is 220 Å². The quantitative estimate of drug-likeness (QED) is 0.298. The molecule has 4 heterocycles. The summed E-state index contributed by atoms with van der Waals surface area (Å²) in [5.41, 5.74) is 3.10. The van der Waals surface area contributed by atoms with Crippen LogP contribution in [0.5, 0.6) is 0 Å². The molecule has 0 atom stereocenters. The SMILES string of the molecule is CC.CC.CC.CC.Cc1ccn(C)n1.Cc1ccn(C)n1.Cc1cnn(C)n1.Cc1ncn(C)n1. The molecule has 0 aliphatic rings. The Kier molecular flexibility index (Phi) is 31.0. The van der Waals surface area contributed by atoms with Crippen molar-refractivity contribution in [1.29, 1.82) is 0 Å². The van der Waals surface area contributed by atoms with Gasteiger partial charge in [-0.3, -0.25) is 14.0 Å². The van der Waals surface area contributed by atoms with Crippen molar-refractivity contribution in [2.75, 3.05) is 0 Å². The summed E-state index contributed by atoms with van der Waals surface area (Å²) < 4.78 is 5.25. The number of aromatic nitrogens is 10. The largest absolute Gasteiger partial charge is 0.276 e. The van der Waals surface area contributed by atoms with E-state index in [2.05, 4.69) is 30.5 Å². The van der Waals surface area contributed by atoms with Gasteiger partial charge in [-0.1, -0.05) is 55.4 Å². The average Bonchev–Trinajstić information content (AvgIpc) is 3.66. The third kappa shape index (κ3) is 25.3. The van der Waals surface area contributed by atoms with Crippen LogP contribution in [-0.4, -0.2) is 49.3 Å². The van der Waals surface area contributed by atoms with Gasteiger partial charge < -0.3 is 0 Å². The summed E-state index contributed by atoms with van der Waals surface area (Å²) >= 11 is 0. The molecular formula is C26H54N10. The molecule has 0 unspecified atom stereocenters. The molecule has 4 aromatic heterocycles. The molecule has 10 nitrogen and oxygen atoms in total. The van der Waals surface area contributed by atoms with Gasteiger partial charge in [0.05, 0.1) is 23.3 Å². The van der Waals surface area contributed by atoms with Crippen molar-refractivity contribution in [2.24, 2.45) is 28.2 Å². The van der Waals surface area contributed by atoms with Crippen molar-refractivity contribution >= 4 is 0 Å². The van der Waals surface area contributed by atoms with E-state index in [1.54, 1.807) is 33.6 Å². The number of rotatable bonds is 0. The summed E-state index contributed by atoms with van der Waals surface area (Å²) in [5.74, 6) is 0.822. The minimum Gasteiger partial charge on any atom is -0.276 e. The molecule has 0 saturated carbocycles. The zero-order valence-corrected chi connectivity index (χ0v) is 25.9. The van der Waals surface area contributed by atoms with E-state index in [1.807, 2.05) is 129 Å². The van der Waals surface area contributed by atoms with Gasteiger partial charge in [0.1, 0.15) is 12.2 Å². The van der Waals surface area contributed by atoms with E-state index < -0.39 is 0 Å². The molecule has 4 aromatic rings. The highest BCUT2D eigenvalue weighted by Crippen LogP contribution is 1.87. The molecule has 10 heteroatoms. The van der Waals surface area contributed by atoms with Crippen molar-refractivity contribution in [3.63, 3.8) is 0 Å². The third-order valence-electron chi connectivity index (χ3n) is 3.12. The van der Waals surface area contributed by atoms with Gasteiger partial charge in [-0.15, -0.1) is 0 Å². The maximum atomic E-state index is 4.03. The molecule has 0 fully saturated rings. The number of hydrogen-bond acceptors (Lipinski definition) is 6. The third-order valence-corrected chi connectivity index (χ3v) is 3.12. The number of nitrogens with zero attached hydrogens (tertiary/aromatic N) is 10. The fraction of sp³-hybridized carbons (Fsp3) is 0.615. The average molecular weight is 507 g/mol. The second kappa shape index (κ2) is 27.9. The second-order valence-corrected chi connectivity index (χ2v) is 6.20. The van der Waals surface area contributed by atoms with Crippen LogP contribution >= 0.6 is 0 Å².